The number of anilines is 1. The summed E-state index contributed by atoms with van der Waals surface area (Å²) >= 11 is 6.35. The minimum absolute atomic E-state index is 0.0428. The van der Waals surface area contributed by atoms with Crippen LogP contribution in [0.1, 0.15) is 58.6 Å². The van der Waals surface area contributed by atoms with Crippen molar-refractivity contribution < 1.29 is 18.0 Å². The second-order valence-electron chi connectivity index (χ2n) is 10.0. The second-order valence-corrected chi connectivity index (χ2v) is 12.3. The molecule has 0 saturated heterocycles. The molecule has 9 heteroatoms. The predicted molar refractivity (Wildman–Crippen MR) is 142 cm³/mol. The van der Waals surface area contributed by atoms with Gasteiger partial charge in [-0.15, -0.1) is 0 Å². The average Bonchev–Trinajstić information content (AvgIpc) is 2.74. The fourth-order valence-corrected chi connectivity index (χ4v) is 4.73. The number of carbonyl (C=O) groups excluding carboxylic acids is 2. The summed E-state index contributed by atoms with van der Waals surface area (Å²) < 4.78 is 26.8. The van der Waals surface area contributed by atoms with Crippen LogP contribution in [0, 0.1) is 0 Å². The van der Waals surface area contributed by atoms with Crippen LogP contribution in [-0.4, -0.2) is 49.5 Å². The normalized spacial score (nSPS) is 12.8. The Morgan fingerprint density at radius 2 is 1.57 bits per heavy atom. The Morgan fingerprint density at radius 3 is 2.11 bits per heavy atom. The zero-order valence-corrected chi connectivity index (χ0v) is 23.1. The van der Waals surface area contributed by atoms with Gasteiger partial charge in [-0.25, -0.2) is 8.42 Å². The molecule has 0 aliphatic carbocycles. The van der Waals surface area contributed by atoms with E-state index in [4.69, 9.17) is 11.6 Å². The Kier molecular flexibility index (Phi) is 9.36. The Balaban J connectivity index is 2.49. The number of para-hydroxylation sites is 1. The molecule has 2 amide bonds. The van der Waals surface area contributed by atoms with E-state index in [2.05, 4.69) is 5.32 Å². The molecule has 0 unspecified atom stereocenters. The summed E-state index contributed by atoms with van der Waals surface area (Å²) in [5, 5.41) is 3.35. The third-order valence-corrected chi connectivity index (χ3v) is 6.97. The van der Waals surface area contributed by atoms with Gasteiger partial charge in [-0.05, 0) is 56.9 Å². The summed E-state index contributed by atoms with van der Waals surface area (Å²) in [6, 6.07) is 13.3. The highest BCUT2D eigenvalue weighted by atomic mass is 35.5. The first-order valence-electron chi connectivity index (χ1n) is 11.5. The molecule has 0 saturated carbocycles. The zero-order chi connectivity index (χ0) is 26.6. The maximum absolute atomic E-state index is 13.7. The molecular formula is C26H36ClN3O4S. The maximum Gasteiger partial charge on any atom is 0.244 e. The molecule has 0 aliphatic heterocycles. The number of benzene rings is 2. The summed E-state index contributed by atoms with van der Waals surface area (Å²) in [5.74, 6) is -0.807. The van der Waals surface area contributed by atoms with Crippen LogP contribution in [0.25, 0.3) is 0 Å². The van der Waals surface area contributed by atoms with Gasteiger partial charge >= 0.3 is 0 Å². The minimum atomic E-state index is -3.80. The van der Waals surface area contributed by atoms with E-state index in [9.17, 15) is 18.0 Å². The van der Waals surface area contributed by atoms with E-state index in [1.807, 2.05) is 46.8 Å². The third kappa shape index (κ3) is 7.97. The Hall–Kier alpha value is -2.58. The van der Waals surface area contributed by atoms with Crippen LogP contribution in [0.2, 0.25) is 5.02 Å². The summed E-state index contributed by atoms with van der Waals surface area (Å²) in [6.45, 7) is 10.7. The zero-order valence-electron chi connectivity index (χ0n) is 21.5. The fraction of sp³-hybridized carbons (Fsp3) is 0.462. The highest BCUT2D eigenvalue weighted by Crippen LogP contribution is 2.29. The highest BCUT2D eigenvalue weighted by Gasteiger charge is 2.32. The van der Waals surface area contributed by atoms with E-state index in [1.54, 1.807) is 43.3 Å². The van der Waals surface area contributed by atoms with Gasteiger partial charge < -0.3 is 10.2 Å². The molecule has 7 nitrogen and oxygen atoms in total. The first kappa shape index (κ1) is 28.7. The third-order valence-electron chi connectivity index (χ3n) is 5.47. The van der Waals surface area contributed by atoms with Crippen molar-refractivity contribution in [2.75, 3.05) is 17.1 Å². The number of hydrogen-bond donors (Lipinski definition) is 1. The van der Waals surface area contributed by atoms with Gasteiger partial charge in [0, 0.05) is 17.1 Å². The topological polar surface area (TPSA) is 86.8 Å². The van der Waals surface area contributed by atoms with Crippen molar-refractivity contribution in [3.05, 3.63) is 64.7 Å². The monoisotopic (exact) mass is 521 g/mol. The van der Waals surface area contributed by atoms with Crippen molar-refractivity contribution in [3.63, 3.8) is 0 Å². The molecule has 35 heavy (non-hydrogen) atoms. The van der Waals surface area contributed by atoms with Crippen molar-refractivity contribution in [1.29, 1.82) is 0 Å². The first-order valence-corrected chi connectivity index (χ1v) is 13.8. The molecule has 1 atom stereocenters. The summed E-state index contributed by atoms with van der Waals surface area (Å²) in [6.07, 6.45) is 1.07. The molecule has 2 rings (SSSR count). The average molecular weight is 522 g/mol. The van der Waals surface area contributed by atoms with E-state index < -0.39 is 34.1 Å². The number of sulfonamides is 1. The lowest BCUT2D eigenvalue weighted by Crippen LogP contribution is -2.54. The van der Waals surface area contributed by atoms with Crippen LogP contribution >= 0.6 is 11.6 Å². The Bertz CT molecular complexity index is 1160. The molecule has 0 radical (unpaired) electrons. The molecule has 0 heterocycles. The first-order chi connectivity index (χ1) is 16.1. The van der Waals surface area contributed by atoms with Crippen LogP contribution in [0.5, 0.6) is 0 Å². The number of halogens is 1. The van der Waals surface area contributed by atoms with Crippen LogP contribution in [0.15, 0.2) is 48.5 Å². The summed E-state index contributed by atoms with van der Waals surface area (Å²) in [7, 11) is -3.80. The number of carbonyl (C=O) groups is 2. The van der Waals surface area contributed by atoms with Crippen LogP contribution < -0.4 is 9.62 Å². The molecule has 0 aromatic heterocycles. The molecule has 0 aliphatic rings. The SMILES string of the molecule is CC(C)c1ccccc1N(CC(=O)N(Cc1ccccc1Cl)[C@@H](C)C(=O)NC(C)(C)C)S(C)(=O)=O. The van der Waals surface area contributed by atoms with Crippen molar-refractivity contribution in [2.24, 2.45) is 0 Å². The highest BCUT2D eigenvalue weighted by molar-refractivity contribution is 7.92. The Morgan fingerprint density at radius 1 is 1.00 bits per heavy atom. The van der Waals surface area contributed by atoms with E-state index in [-0.39, 0.29) is 18.4 Å². The lowest BCUT2D eigenvalue weighted by atomic mass is 10.0. The summed E-state index contributed by atoms with van der Waals surface area (Å²) in [4.78, 5) is 28.1. The maximum atomic E-state index is 13.7. The van der Waals surface area contributed by atoms with E-state index in [1.165, 1.54) is 4.90 Å². The van der Waals surface area contributed by atoms with Crippen LogP contribution in [-0.2, 0) is 26.2 Å². The molecule has 0 fully saturated rings. The van der Waals surface area contributed by atoms with Gasteiger partial charge in [0.25, 0.3) is 0 Å². The smallest absolute Gasteiger partial charge is 0.244 e. The van der Waals surface area contributed by atoms with Crippen molar-refractivity contribution >= 4 is 39.1 Å². The molecule has 192 valence electrons. The second kappa shape index (κ2) is 11.4. The van der Waals surface area contributed by atoms with Gasteiger partial charge in [-0.3, -0.25) is 13.9 Å². The molecule has 2 aromatic rings. The lowest BCUT2D eigenvalue weighted by molar-refractivity contribution is -0.140. The lowest BCUT2D eigenvalue weighted by Gasteiger charge is -2.34. The number of rotatable bonds is 9. The summed E-state index contributed by atoms with van der Waals surface area (Å²) in [5.41, 5.74) is 1.41. The quantitative estimate of drug-likeness (QED) is 0.524. The van der Waals surface area contributed by atoms with E-state index in [0.717, 1.165) is 16.1 Å². The standard InChI is InChI=1S/C26H36ClN3O4S/c1-18(2)21-13-9-11-15-23(21)30(35(7,33)34)17-24(31)29(16-20-12-8-10-14-22(20)27)19(3)25(32)28-26(4,5)6/h8-15,18-19H,16-17H2,1-7H3,(H,28,32)/t19-/m0/s1. The van der Waals surface area contributed by atoms with Crippen molar-refractivity contribution in [3.8, 4) is 0 Å². The molecule has 0 spiro atoms. The Labute approximate surface area is 214 Å². The van der Waals surface area contributed by atoms with E-state index >= 15 is 0 Å². The molecular weight excluding hydrogens is 486 g/mol. The van der Waals surface area contributed by atoms with Gasteiger partial charge in [0.15, 0.2) is 0 Å². The van der Waals surface area contributed by atoms with Crippen LogP contribution in [0.3, 0.4) is 0 Å². The molecule has 0 bridgehead atoms. The van der Waals surface area contributed by atoms with Crippen molar-refractivity contribution in [1.82, 2.24) is 10.2 Å². The van der Waals surface area contributed by atoms with Gasteiger partial charge in [0.1, 0.15) is 12.6 Å². The molecule has 1 N–H and O–H groups in total. The van der Waals surface area contributed by atoms with Gasteiger partial charge in [-0.2, -0.15) is 0 Å². The number of nitrogens with zero attached hydrogens (tertiary/aromatic N) is 2. The van der Waals surface area contributed by atoms with Crippen LogP contribution in [0.4, 0.5) is 5.69 Å². The van der Waals surface area contributed by atoms with E-state index in [0.29, 0.717) is 16.3 Å². The largest absolute Gasteiger partial charge is 0.350 e. The number of hydrogen-bond acceptors (Lipinski definition) is 4. The van der Waals surface area contributed by atoms with Gasteiger partial charge in [0.05, 0.1) is 11.9 Å². The predicted octanol–water partition coefficient (Wildman–Crippen LogP) is 4.56. The van der Waals surface area contributed by atoms with Gasteiger partial charge in [0.2, 0.25) is 21.8 Å². The van der Waals surface area contributed by atoms with Crippen molar-refractivity contribution in [2.45, 2.75) is 65.6 Å². The molecule has 2 aromatic carbocycles. The van der Waals surface area contributed by atoms with Gasteiger partial charge in [-0.1, -0.05) is 61.8 Å². The fourth-order valence-electron chi connectivity index (χ4n) is 3.66. The number of amides is 2. The minimum Gasteiger partial charge on any atom is -0.350 e. The number of nitrogens with one attached hydrogen (secondary N) is 1.